The van der Waals surface area contributed by atoms with E-state index >= 15 is 0 Å². The van der Waals surface area contributed by atoms with Gasteiger partial charge in [0.2, 0.25) is 5.91 Å². The van der Waals surface area contributed by atoms with E-state index in [9.17, 15) is 9.18 Å². The summed E-state index contributed by atoms with van der Waals surface area (Å²) in [5.41, 5.74) is 3.91. The van der Waals surface area contributed by atoms with E-state index in [2.05, 4.69) is 15.1 Å². The number of amides is 1. The van der Waals surface area contributed by atoms with Gasteiger partial charge in [-0.25, -0.2) is 4.39 Å². The average molecular weight is 457 g/mol. The van der Waals surface area contributed by atoms with Crippen LogP contribution in [0.3, 0.4) is 0 Å². The molecule has 1 aliphatic rings. The quantitative estimate of drug-likeness (QED) is 0.457. The van der Waals surface area contributed by atoms with Crippen LogP contribution in [0.5, 0.6) is 0 Å². The molecule has 0 atom stereocenters. The fourth-order valence-electron chi connectivity index (χ4n) is 4.20. The first kappa shape index (κ1) is 21.8. The van der Waals surface area contributed by atoms with Crippen LogP contribution >= 0.6 is 0 Å². The molecule has 0 radical (unpaired) electrons. The van der Waals surface area contributed by atoms with E-state index in [-0.39, 0.29) is 18.3 Å². The van der Waals surface area contributed by atoms with Crippen molar-refractivity contribution in [1.29, 1.82) is 0 Å². The fourth-order valence-corrected chi connectivity index (χ4v) is 4.20. The molecule has 0 bridgehead atoms. The Hall–Kier alpha value is -4.07. The predicted molar refractivity (Wildman–Crippen MR) is 129 cm³/mol. The summed E-state index contributed by atoms with van der Waals surface area (Å²) in [6, 6.07) is 20.6. The number of hydrogen-bond donors (Lipinski definition) is 0. The van der Waals surface area contributed by atoms with Crippen molar-refractivity contribution in [3.05, 3.63) is 84.3 Å². The SMILES string of the molecule is Cc1cc(-c2cc(-c3ccccc3)n(CC(=O)N3CCN(c4cccnn4)CC3)n2)ccc1F. The number of hydrogen-bond acceptors (Lipinski definition) is 5. The third-order valence-corrected chi connectivity index (χ3v) is 6.10. The van der Waals surface area contributed by atoms with Crippen LogP contribution in [-0.2, 0) is 11.3 Å². The maximum atomic E-state index is 13.8. The Morgan fingerprint density at radius 1 is 0.941 bits per heavy atom. The van der Waals surface area contributed by atoms with Crippen LogP contribution in [0, 0.1) is 12.7 Å². The van der Waals surface area contributed by atoms with E-state index in [1.54, 1.807) is 29.9 Å². The van der Waals surface area contributed by atoms with Crippen LogP contribution in [0.15, 0.2) is 72.9 Å². The molecule has 2 aromatic carbocycles. The highest BCUT2D eigenvalue weighted by Crippen LogP contribution is 2.27. The first-order valence-electron chi connectivity index (χ1n) is 11.3. The van der Waals surface area contributed by atoms with Crippen LogP contribution in [0.25, 0.3) is 22.5 Å². The minimum atomic E-state index is -0.248. The Balaban J connectivity index is 1.36. The Labute approximate surface area is 197 Å². The first-order valence-corrected chi connectivity index (χ1v) is 11.3. The van der Waals surface area contributed by atoms with Crippen molar-refractivity contribution >= 4 is 11.7 Å². The van der Waals surface area contributed by atoms with Gasteiger partial charge in [0.25, 0.3) is 0 Å². The smallest absolute Gasteiger partial charge is 0.244 e. The number of rotatable bonds is 5. The number of aryl methyl sites for hydroxylation is 1. The van der Waals surface area contributed by atoms with Crippen LogP contribution in [0.2, 0.25) is 0 Å². The number of nitrogens with zero attached hydrogens (tertiary/aromatic N) is 6. The molecule has 7 nitrogen and oxygen atoms in total. The molecule has 8 heteroatoms. The highest BCUT2D eigenvalue weighted by atomic mass is 19.1. The Bertz CT molecular complexity index is 1280. The van der Waals surface area contributed by atoms with Crippen LogP contribution in [0.4, 0.5) is 10.2 Å². The zero-order chi connectivity index (χ0) is 23.5. The number of halogens is 1. The second-order valence-electron chi connectivity index (χ2n) is 8.35. The standard InChI is InChI=1S/C26H25FN6O/c1-19-16-21(9-10-22(19)27)23-17-24(20-6-3-2-4-7-20)33(30-23)18-26(34)32-14-12-31(13-15-32)25-8-5-11-28-29-25/h2-11,16-17H,12-15,18H2,1H3. The van der Waals surface area contributed by atoms with Gasteiger partial charge in [-0.3, -0.25) is 9.48 Å². The molecule has 172 valence electrons. The Morgan fingerprint density at radius 2 is 1.74 bits per heavy atom. The summed E-state index contributed by atoms with van der Waals surface area (Å²) in [5, 5.41) is 12.8. The molecule has 0 aliphatic carbocycles. The summed E-state index contributed by atoms with van der Waals surface area (Å²) in [5.74, 6) is 0.593. The molecule has 1 aliphatic heterocycles. The van der Waals surface area contributed by atoms with Gasteiger partial charge in [-0.1, -0.05) is 30.3 Å². The van der Waals surface area contributed by atoms with Crippen molar-refractivity contribution in [1.82, 2.24) is 24.9 Å². The number of anilines is 1. The summed E-state index contributed by atoms with van der Waals surface area (Å²) in [7, 11) is 0. The van der Waals surface area contributed by atoms with Crippen molar-refractivity contribution in [3.8, 4) is 22.5 Å². The topological polar surface area (TPSA) is 67.2 Å². The van der Waals surface area contributed by atoms with E-state index in [4.69, 9.17) is 5.10 Å². The van der Waals surface area contributed by atoms with Crippen LogP contribution in [0.1, 0.15) is 5.56 Å². The largest absolute Gasteiger partial charge is 0.352 e. The minimum absolute atomic E-state index is 0.0147. The lowest BCUT2D eigenvalue weighted by Gasteiger charge is -2.35. The Morgan fingerprint density at radius 3 is 2.44 bits per heavy atom. The summed E-state index contributed by atoms with van der Waals surface area (Å²) >= 11 is 0. The summed E-state index contributed by atoms with van der Waals surface area (Å²) in [4.78, 5) is 17.2. The van der Waals surface area contributed by atoms with Gasteiger partial charge < -0.3 is 9.80 Å². The third kappa shape index (κ3) is 4.52. The highest BCUT2D eigenvalue weighted by Gasteiger charge is 2.23. The lowest BCUT2D eigenvalue weighted by molar-refractivity contribution is -0.132. The molecule has 0 saturated carbocycles. The molecule has 1 amide bonds. The molecule has 2 aromatic heterocycles. The van der Waals surface area contributed by atoms with Gasteiger partial charge in [0, 0.05) is 37.9 Å². The van der Waals surface area contributed by atoms with Gasteiger partial charge in [0.05, 0.1) is 11.4 Å². The lowest BCUT2D eigenvalue weighted by Crippen LogP contribution is -2.50. The van der Waals surface area contributed by atoms with Gasteiger partial charge in [0.1, 0.15) is 12.4 Å². The molecule has 1 fully saturated rings. The Kier molecular flexibility index (Phi) is 6.03. The second kappa shape index (κ2) is 9.43. The molecular weight excluding hydrogens is 431 g/mol. The molecule has 3 heterocycles. The third-order valence-electron chi connectivity index (χ3n) is 6.10. The van der Waals surface area contributed by atoms with Gasteiger partial charge >= 0.3 is 0 Å². The molecule has 0 spiro atoms. The monoisotopic (exact) mass is 456 g/mol. The van der Waals surface area contributed by atoms with E-state index in [0.29, 0.717) is 37.4 Å². The second-order valence-corrected chi connectivity index (χ2v) is 8.35. The molecule has 4 aromatic rings. The molecule has 0 N–H and O–H groups in total. The maximum absolute atomic E-state index is 13.8. The summed E-state index contributed by atoms with van der Waals surface area (Å²) in [6.07, 6.45) is 1.65. The highest BCUT2D eigenvalue weighted by molar-refractivity contribution is 5.78. The van der Waals surface area contributed by atoms with Gasteiger partial charge in [-0.05, 0) is 54.4 Å². The number of benzene rings is 2. The van der Waals surface area contributed by atoms with Crippen molar-refractivity contribution < 1.29 is 9.18 Å². The first-order chi connectivity index (χ1) is 16.6. The van der Waals surface area contributed by atoms with E-state index in [0.717, 1.165) is 22.6 Å². The number of carbonyl (C=O) groups excluding carboxylic acids is 1. The average Bonchev–Trinajstić information content (AvgIpc) is 3.30. The van der Waals surface area contributed by atoms with Crippen molar-refractivity contribution in [2.24, 2.45) is 0 Å². The number of carbonyl (C=O) groups is 1. The molecule has 34 heavy (non-hydrogen) atoms. The van der Waals surface area contributed by atoms with E-state index in [1.807, 2.05) is 53.4 Å². The van der Waals surface area contributed by atoms with Crippen molar-refractivity contribution in [2.45, 2.75) is 13.5 Å². The van der Waals surface area contributed by atoms with E-state index < -0.39 is 0 Å². The predicted octanol–water partition coefficient (Wildman–Crippen LogP) is 3.80. The number of piperazine rings is 1. The summed E-state index contributed by atoms with van der Waals surface area (Å²) in [6.45, 7) is 4.50. The van der Waals surface area contributed by atoms with Crippen LogP contribution in [-0.4, -0.2) is 57.0 Å². The zero-order valence-electron chi connectivity index (χ0n) is 18.9. The van der Waals surface area contributed by atoms with Gasteiger partial charge in [0.15, 0.2) is 5.82 Å². The lowest BCUT2D eigenvalue weighted by atomic mass is 10.1. The van der Waals surface area contributed by atoms with Gasteiger partial charge in [-0.15, -0.1) is 5.10 Å². The summed E-state index contributed by atoms with van der Waals surface area (Å²) < 4.78 is 15.5. The fraction of sp³-hybridized carbons (Fsp3) is 0.231. The van der Waals surface area contributed by atoms with E-state index in [1.165, 1.54) is 6.07 Å². The van der Waals surface area contributed by atoms with Crippen molar-refractivity contribution in [2.75, 3.05) is 31.1 Å². The molecule has 1 saturated heterocycles. The number of aromatic nitrogens is 4. The van der Waals surface area contributed by atoms with Gasteiger partial charge in [-0.2, -0.15) is 10.2 Å². The maximum Gasteiger partial charge on any atom is 0.244 e. The van der Waals surface area contributed by atoms with Crippen molar-refractivity contribution in [3.63, 3.8) is 0 Å². The zero-order valence-corrected chi connectivity index (χ0v) is 18.9. The normalized spacial score (nSPS) is 13.8. The molecule has 0 unspecified atom stereocenters. The minimum Gasteiger partial charge on any atom is -0.352 e. The molecular formula is C26H25FN6O. The molecule has 5 rings (SSSR count). The van der Waals surface area contributed by atoms with Crippen LogP contribution < -0.4 is 4.90 Å².